The molecule has 4 atom stereocenters. The van der Waals surface area contributed by atoms with Crippen molar-refractivity contribution in [3.05, 3.63) is 93.5 Å². The number of aldehydes is 1. The van der Waals surface area contributed by atoms with E-state index in [1.807, 2.05) is 50.8 Å². The van der Waals surface area contributed by atoms with Crippen molar-refractivity contribution in [3.8, 4) is 11.5 Å². The average Bonchev–Trinajstić information content (AvgIpc) is 2.46. The molecule has 26 heteroatoms. The number of carbonyl (C=O) groups is 1. The molecular formula is C61H96Cl2N12O9S3. The fourth-order valence-corrected chi connectivity index (χ4v) is 14.9. The Morgan fingerprint density at radius 2 is 1.08 bits per heavy atom. The molecule has 4 aromatic rings. The van der Waals surface area contributed by atoms with Crippen molar-refractivity contribution in [1.29, 1.82) is 0 Å². The number of ether oxygens (including phenoxy) is 2. The average molecular weight is 1310 g/mol. The van der Waals surface area contributed by atoms with Gasteiger partial charge in [0.05, 0.1) is 28.8 Å². The predicted octanol–water partition coefficient (Wildman–Crippen LogP) is 7.97. The molecular weight excluding hydrogens is 1210 g/mol. The number of nitrogens with zero attached hydrogens (tertiary/aromatic N) is 10. The molecule has 0 spiro atoms. The van der Waals surface area contributed by atoms with Gasteiger partial charge in [-0.1, -0.05) is 56.0 Å². The monoisotopic (exact) mass is 1310 g/mol. The van der Waals surface area contributed by atoms with Gasteiger partial charge >= 0.3 is 0 Å². The van der Waals surface area contributed by atoms with Crippen LogP contribution in [-0.4, -0.2) is 203 Å². The number of piperazine rings is 2. The standard InChI is InChI=1S/C24H34ClN5O3S.C18H20ClN3O2.C7H15NO2S.C6H14N2O2S.C6H13N/c1-4-19-14-26-24(27-15-19)28-9-7-21(8-10-28)33-23-6-5-20(13-22(23)25)17-29-11-12-30(16-18(29)2)34(3,31)32;1-2-13-10-20-18(21-11-13)22-7-5-15(6-8-22)24-17-4-3-14(12-23)9-16(17)19;1-7-5-3-4-6-8(7)11(2,9)10;1-6-5-7-3-4-8(6)11(2,9)10;1-6-4-2-3-5-7-6/h5-6,13-15,18,21H,4,7-12,16-17H2,1-3H3;3-4,9-12,15H,2,5-8H2,1H3;7H,3-6H2,1-2H3;6-7H,3-5H2,1-2H3;6-7H,2-5H2,1H3. The second-order valence-corrected chi connectivity index (χ2v) is 30.3. The van der Waals surface area contributed by atoms with Gasteiger partial charge in [-0.05, 0) is 120 Å². The minimum atomic E-state index is -3.14. The Balaban J connectivity index is 0.000000196. The van der Waals surface area contributed by atoms with Gasteiger partial charge in [0.25, 0.3) is 0 Å². The number of aromatic nitrogens is 4. The van der Waals surface area contributed by atoms with Crippen LogP contribution in [0.5, 0.6) is 11.5 Å². The Labute approximate surface area is 529 Å². The maximum absolute atomic E-state index is 11.8. The summed E-state index contributed by atoms with van der Waals surface area (Å²) >= 11 is 12.7. The molecule has 21 nitrogen and oxygen atoms in total. The SMILES string of the molecule is CC1CCCCN1.CC1CCCCN1S(C)(=O)=O.CC1CNCCN1S(C)(=O)=O.CCc1cnc(N2CCC(Oc3ccc(C=O)cc3Cl)CC2)nc1.CCc1cnc(N2CCC(Oc3ccc(CN4CCN(S(C)(=O)=O)CC4C)cc3Cl)CC2)nc1. The second kappa shape index (κ2) is 34.7. The van der Waals surface area contributed by atoms with Crippen molar-refractivity contribution < 1.29 is 39.5 Å². The number of hydrogen-bond donors (Lipinski definition) is 2. The highest BCUT2D eigenvalue weighted by molar-refractivity contribution is 7.88. The van der Waals surface area contributed by atoms with Crippen LogP contribution in [0.4, 0.5) is 11.9 Å². The van der Waals surface area contributed by atoms with Crippen LogP contribution >= 0.6 is 23.2 Å². The van der Waals surface area contributed by atoms with Crippen LogP contribution < -0.4 is 29.9 Å². The lowest BCUT2D eigenvalue weighted by atomic mass is 10.1. The van der Waals surface area contributed by atoms with Crippen LogP contribution in [0.2, 0.25) is 10.0 Å². The number of anilines is 2. The molecule has 6 saturated heterocycles. The number of nitrogens with one attached hydrogen (secondary N) is 2. The number of rotatable bonds is 14. The number of carbonyl (C=O) groups excluding carboxylic acids is 1. The summed E-state index contributed by atoms with van der Waals surface area (Å²) in [6.45, 7) is 22.3. The van der Waals surface area contributed by atoms with Gasteiger partial charge in [-0.15, -0.1) is 0 Å². The molecule has 6 aliphatic heterocycles. The third-order valence-electron chi connectivity index (χ3n) is 16.5. The van der Waals surface area contributed by atoms with E-state index in [1.54, 1.807) is 26.8 Å². The van der Waals surface area contributed by atoms with E-state index in [9.17, 15) is 30.0 Å². The van der Waals surface area contributed by atoms with Crippen molar-refractivity contribution in [2.24, 2.45) is 0 Å². The topological polar surface area (TPSA) is 233 Å². The van der Waals surface area contributed by atoms with Crippen molar-refractivity contribution in [2.75, 3.05) is 107 Å². The van der Waals surface area contributed by atoms with Crippen LogP contribution in [0, 0.1) is 0 Å². The van der Waals surface area contributed by atoms with Crippen LogP contribution in [0.3, 0.4) is 0 Å². The molecule has 2 aromatic carbocycles. The van der Waals surface area contributed by atoms with Gasteiger partial charge in [-0.3, -0.25) is 9.69 Å². The molecule has 0 amide bonds. The second-order valence-electron chi connectivity index (χ2n) is 23.6. The van der Waals surface area contributed by atoms with Crippen LogP contribution in [0.25, 0.3) is 0 Å². The van der Waals surface area contributed by atoms with Gasteiger partial charge in [0.1, 0.15) is 30.0 Å². The van der Waals surface area contributed by atoms with E-state index in [2.05, 4.69) is 79.0 Å². The molecule has 486 valence electrons. The Bertz CT molecular complexity index is 3030. The van der Waals surface area contributed by atoms with E-state index >= 15 is 0 Å². The van der Waals surface area contributed by atoms with Crippen molar-refractivity contribution >= 4 is 71.5 Å². The highest BCUT2D eigenvalue weighted by Crippen LogP contribution is 2.31. The lowest BCUT2D eigenvalue weighted by molar-refractivity contribution is 0.112. The summed E-state index contributed by atoms with van der Waals surface area (Å²) in [6.07, 6.45) is 25.2. The lowest BCUT2D eigenvalue weighted by Crippen LogP contribution is -2.52. The molecule has 10 rings (SSSR count). The normalized spacial score (nSPS) is 22.4. The van der Waals surface area contributed by atoms with Gasteiger partial charge in [0.15, 0.2) is 0 Å². The summed E-state index contributed by atoms with van der Waals surface area (Å²) in [5, 5.41) is 7.60. The molecule has 2 aromatic heterocycles. The third kappa shape index (κ3) is 23.4. The minimum Gasteiger partial charge on any atom is -0.489 e. The third-order valence-corrected chi connectivity index (χ3v) is 21.1. The van der Waals surface area contributed by atoms with E-state index in [0.29, 0.717) is 59.8 Å². The first kappa shape index (κ1) is 71.7. The smallest absolute Gasteiger partial charge is 0.225 e. The summed E-state index contributed by atoms with van der Waals surface area (Å²) in [5.41, 5.74) is 3.94. The van der Waals surface area contributed by atoms with Gasteiger partial charge in [0, 0.05) is 159 Å². The van der Waals surface area contributed by atoms with E-state index in [0.717, 1.165) is 145 Å². The zero-order valence-electron chi connectivity index (χ0n) is 52.6. The van der Waals surface area contributed by atoms with Crippen molar-refractivity contribution in [1.82, 2.24) is 48.4 Å². The van der Waals surface area contributed by atoms with Gasteiger partial charge in [-0.25, -0.2) is 45.2 Å². The van der Waals surface area contributed by atoms with Crippen LogP contribution in [0.1, 0.15) is 133 Å². The predicted molar refractivity (Wildman–Crippen MR) is 349 cm³/mol. The quantitative estimate of drug-likeness (QED) is 0.114. The maximum Gasteiger partial charge on any atom is 0.225 e. The zero-order chi connectivity index (χ0) is 63.3. The molecule has 6 aliphatic rings. The van der Waals surface area contributed by atoms with Gasteiger partial charge in [-0.2, -0.15) is 12.9 Å². The van der Waals surface area contributed by atoms with Crippen molar-refractivity contribution in [3.63, 3.8) is 0 Å². The molecule has 0 bridgehead atoms. The van der Waals surface area contributed by atoms with Crippen LogP contribution in [0.15, 0.2) is 61.2 Å². The van der Waals surface area contributed by atoms with E-state index in [-0.39, 0.29) is 30.3 Å². The Morgan fingerprint density at radius 3 is 1.47 bits per heavy atom. The fourth-order valence-electron chi connectivity index (χ4n) is 11.2. The fraction of sp³-hybridized carbons (Fsp3) is 0.656. The highest BCUT2D eigenvalue weighted by Gasteiger charge is 2.31. The molecule has 2 N–H and O–H groups in total. The van der Waals surface area contributed by atoms with Crippen LogP contribution in [-0.2, 0) is 49.5 Å². The van der Waals surface area contributed by atoms with E-state index < -0.39 is 30.1 Å². The summed E-state index contributed by atoms with van der Waals surface area (Å²) in [5.74, 6) is 2.90. The molecule has 0 saturated carbocycles. The van der Waals surface area contributed by atoms with Gasteiger partial charge in [0.2, 0.25) is 42.0 Å². The zero-order valence-corrected chi connectivity index (χ0v) is 56.6. The number of halogens is 2. The van der Waals surface area contributed by atoms with Crippen molar-refractivity contribution in [2.45, 2.75) is 162 Å². The number of sulfonamides is 3. The molecule has 0 radical (unpaired) electrons. The Hall–Kier alpha value is -4.34. The summed E-state index contributed by atoms with van der Waals surface area (Å²) in [7, 11) is -9.07. The molecule has 87 heavy (non-hydrogen) atoms. The first-order valence-corrected chi connectivity index (χ1v) is 37.2. The first-order valence-electron chi connectivity index (χ1n) is 30.9. The molecule has 4 unspecified atom stereocenters. The number of piperidine rings is 4. The number of benzene rings is 2. The maximum atomic E-state index is 11.8. The first-order chi connectivity index (χ1) is 41.3. The minimum absolute atomic E-state index is 0.0961. The highest BCUT2D eigenvalue weighted by atomic mass is 35.5. The summed E-state index contributed by atoms with van der Waals surface area (Å²) < 4.78 is 85.0. The summed E-state index contributed by atoms with van der Waals surface area (Å²) in [4.78, 5) is 35.3. The lowest BCUT2D eigenvalue weighted by Gasteiger charge is -2.38. The molecule has 8 heterocycles. The molecule has 0 aliphatic carbocycles. The number of aryl methyl sites for hydroxylation is 2. The number of hydrogen-bond acceptors (Lipinski definition) is 18. The Morgan fingerprint density at radius 1 is 0.563 bits per heavy atom. The van der Waals surface area contributed by atoms with Gasteiger partial charge < -0.3 is 29.9 Å². The largest absolute Gasteiger partial charge is 0.489 e. The molecule has 6 fully saturated rings. The Kier molecular flexibility index (Phi) is 28.6. The van der Waals surface area contributed by atoms with E-state index in [1.165, 1.54) is 48.9 Å². The summed E-state index contributed by atoms with van der Waals surface area (Å²) in [6, 6.07) is 12.3. The van der Waals surface area contributed by atoms with E-state index in [4.69, 9.17) is 32.7 Å².